The molecule has 11 aromatic rings. The van der Waals surface area contributed by atoms with Gasteiger partial charge in [0.2, 0.25) is 0 Å². The monoisotopic (exact) mass is 905 g/mol. The average molecular weight is 906 g/mol. The Hall–Kier alpha value is -9.18. The molecule has 0 atom stereocenters. The third-order valence-corrected chi connectivity index (χ3v) is 15.6. The summed E-state index contributed by atoms with van der Waals surface area (Å²) in [4.78, 5) is 2.44. The number of benzene rings is 11. The average Bonchev–Trinajstić information content (AvgIpc) is 3.90. The zero-order valence-corrected chi connectivity index (χ0v) is 38.6. The maximum Gasteiger partial charge on any atom is 0.132 e. The maximum atomic E-state index is 6.95. The van der Waals surface area contributed by atoms with E-state index < -0.39 is 10.8 Å². The number of para-hydroxylation sites is 3. The Morgan fingerprint density at radius 1 is 0.225 bits per heavy atom. The molecule has 3 nitrogen and oxygen atoms in total. The molecule has 3 heteroatoms. The second-order valence-electron chi connectivity index (χ2n) is 19.1. The first kappa shape index (κ1) is 39.8. The van der Waals surface area contributed by atoms with Crippen LogP contribution in [0.15, 0.2) is 261 Å². The fourth-order valence-electron chi connectivity index (χ4n) is 12.7. The molecule has 11 aromatic carbocycles. The van der Waals surface area contributed by atoms with Gasteiger partial charge in [0.25, 0.3) is 0 Å². The van der Waals surface area contributed by atoms with Crippen molar-refractivity contribution in [3.8, 4) is 67.5 Å². The Balaban J connectivity index is 0.961. The van der Waals surface area contributed by atoms with Gasteiger partial charge in [0.15, 0.2) is 0 Å². The minimum absolute atomic E-state index is 0.617. The molecule has 0 saturated carbocycles. The van der Waals surface area contributed by atoms with E-state index >= 15 is 0 Å². The van der Waals surface area contributed by atoms with E-state index in [4.69, 9.17) is 9.47 Å². The number of anilines is 3. The van der Waals surface area contributed by atoms with Crippen molar-refractivity contribution < 1.29 is 9.47 Å². The Morgan fingerprint density at radius 2 is 0.549 bits per heavy atom. The summed E-state index contributed by atoms with van der Waals surface area (Å²) in [5.74, 6) is 3.48. The van der Waals surface area contributed by atoms with Crippen LogP contribution in [0, 0.1) is 0 Å². The van der Waals surface area contributed by atoms with Gasteiger partial charge in [0.05, 0.1) is 10.8 Å². The van der Waals surface area contributed by atoms with Crippen molar-refractivity contribution in [2.24, 2.45) is 0 Å². The Bertz CT molecular complexity index is 3860. The van der Waals surface area contributed by atoms with Crippen molar-refractivity contribution in [3.05, 3.63) is 305 Å². The van der Waals surface area contributed by atoms with Crippen molar-refractivity contribution in [1.82, 2.24) is 0 Å². The van der Waals surface area contributed by atoms with Crippen LogP contribution >= 0.6 is 0 Å². The lowest BCUT2D eigenvalue weighted by Crippen LogP contribution is -2.32. The molecule has 2 aliphatic carbocycles. The van der Waals surface area contributed by atoms with Gasteiger partial charge < -0.3 is 14.4 Å². The predicted octanol–water partition coefficient (Wildman–Crippen LogP) is 17.4. The first-order chi connectivity index (χ1) is 35.2. The molecule has 0 fully saturated rings. The first-order valence-corrected chi connectivity index (χ1v) is 24.5. The smallest absolute Gasteiger partial charge is 0.132 e. The molecule has 2 spiro atoms. The second kappa shape index (κ2) is 15.2. The molecule has 2 aliphatic heterocycles. The zero-order chi connectivity index (χ0) is 46.7. The highest BCUT2D eigenvalue weighted by Crippen LogP contribution is 2.65. The van der Waals surface area contributed by atoms with E-state index in [0.29, 0.717) is 0 Å². The van der Waals surface area contributed by atoms with Crippen LogP contribution in [0.25, 0.3) is 44.5 Å². The molecule has 0 radical (unpaired) electrons. The molecule has 2 heterocycles. The lowest BCUT2D eigenvalue weighted by Gasteiger charge is -2.40. The van der Waals surface area contributed by atoms with Crippen molar-refractivity contribution in [3.63, 3.8) is 0 Å². The topological polar surface area (TPSA) is 21.7 Å². The van der Waals surface area contributed by atoms with E-state index in [0.717, 1.165) is 67.9 Å². The molecule has 0 saturated heterocycles. The highest BCUT2D eigenvalue weighted by Gasteiger charge is 2.53. The number of fused-ring (bicyclic) bond motifs is 18. The van der Waals surface area contributed by atoms with Gasteiger partial charge in [-0.15, -0.1) is 0 Å². The van der Waals surface area contributed by atoms with Crippen molar-refractivity contribution in [2.75, 3.05) is 4.90 Å². The van der Waals surface area contributed by atoms with E-state index in [1.807, 2.05) is 0 Å². The van der Waals surface area contributed by atoms with E-state index in [-0.39, 0.29) is 0 Å². The molecule has 0 aromatic heterocycles. The fourth-order valence-corrected chi connectivity index (χ4v) is 12.7. The predicted molar refractivity (Wildman–Crippen MR) is 287 cm³/mol. The van der Waals surface area contributed by atoms with Crippen molar-refractivity contribution >= 4 is 17.1 Å². The molecule has 15 rings (SSSR count). The largest absolute Gasteiger partial charge is 0.457 e. The molecule has 332 valence electrons. The van der Waals surface area contributed by atoms with Crippen LogP contribution in [-0.2, 0) is 10.8 Å². The van der Waals surface area contributed by atoms with Crippen LogP contribution in [0.1, 0.15) is 44.5 Å². The van der Waals surface area contributed by atoms with Crippen LogP contribution in [-0.4, -0.2) is 0 Å². The van der Waals surface area contributed by atoms with Crippen molar-refractivity contribution in [2.45, 2.75) is 10.8 Å². The molecule has 71 heavy (non-hydrogen) atoms. The Morgan fingerprint density at radius 3 is 1.04 bits per heavy atom. The van der Waals surface area contributed by atoms with Crippen LogP contribution in [0.4, 0.5) is 17.1 Å². The minimum atomic E-state index is -0.621. The SMILES string of the molecule is c1ccc(-c2ccc(-c3ccc(N(c4ccc5c(c4)C4(c6ccccc6O5)c5ccccc5-c5ccccc54)c4ccc5c(c4)C4(c6ccccc6Oc6ccccc64)c4ccccc4-5)cc3)cc2)cc1. The van der Waals surface area contributed by atoms with E-state index in [9.17, 15) is 0 Å². The number of hydrogen-bond acceptors (Lipinski definition) is 3. The fraction of sp³-hybridized carbons (Fsp3) is 0.0294. The van der Waals surface area contributed by atoms with E-state index in [2.05, 4.69) is 266 Å². The maximum absolute atomic E-state index is 6.95. The summed E-state index contributed by atoms with van der Waals surface area (Å²) >= 11 is 0. The molecule has 0 amide bonds. The van der Waals surface area contributed by atoms with Gasteiger partial charge in [-0.3, -0.25) is 0 Å². The van der Waals surface area contributed by atoms with Crippen LogP contribution in [0.3, 0.4) is 0 Å². The van der Waals surface area contributed by atoms with Gasteiger partial charge in [0.1, 0.15) is 23.0 Å². The van der Waals surface area contributed by atoms with E-state index in [1.165, 1.54) is 61.2 Å². The van der Waals surface area contributed by atoms with Crippen molar-refractivity contribution in [1.29, 1.82) is 0 Å². The molecule has 0 bridgehead atoms. The van der Waals surface area contributed by atoms with Gasteiger partial charge in [-0.1, -0.05) is 200 Å². The summed E-state index contributed by atoms with van der Waals surface area (Å²) in [5.41, 5.74) is 21.1. The molecule has 4 aliphatic rings. The second-order valence-corrected chi connectivity index (χ2v) is 19.1. The van der Waals surface area contributed by atoms with Crippen LogP contribution < -0.4 is 14.4 Å². The van der Waals surface area contributed by atoms with Crippen LogP contribution in [0.2, 0.25) is 0 Å². The van der Waals surface area contributed by atoms with Gasteiger partial charge in [-0.05, 0) is 127 Å². The summed E-state index contributed by atoms with van der Waals surface area (Å²) in [7, 11) is 0. The highest BCUT2D eigenvalue weighted by atomic mass is 16.5. The van der Waals surface area contributed by atoms with Gasteiger partial charge in [0, 0.05) is 39.3 Å². The molecule has 0 unspecified atom stereocenters. The number of rotatable bonds is 5. The third-order valence-electron chi connectivity index (χ3n) is 15.6. The van der Waals surface area contributed by atoms with Gasteiger partial charge >= 0.3 is 0 Å². The van der Waals surface area contributed by atoms with Crippen LogP contribution in [0.5, 0.6) is 23.0 Å². The van der Waals surface area contributed by atoms with E-state index in [1.54, 1.807) is 0 Å². The molecule has 0 N–H and O–H groups in total. The normalized spacial score (nSPS) is 14.1. The Labute approximate surface area is 413 Å². The lowest BCUT2D eigenvalue weighted by molar-refractivity contribution is 0.436. The molecular formula is C68H43NO2. The Kier molecular flexibility index (Phi) is 8.49. The summed E-state index contributed by atoms with van der Waals surface area (Å²) in [6.07, 6.45) is 0. The zero-order valence-electron chi connectivity index (χ0n) is 38.6. The lowest BCUT2D eigenvalue weighted by atomic mass is 9.66. The first-order valence-electron chi connectivity index (χ1n) is 24.5. The highest BCUT2D eigenvalue weighted by molar-refractivity contribution is 5.93. The van der Waals surface area contributed by atoms with Gasteiger partial charge in [-0.2, -0.15) is 0 Å². The third kappa shape index (κ3) is 5.54. The summed E-state index contributed by atoms with van der Waals surface area (Å²) in [6, 6.07) is 95.1. The summed E-state index contributed by atoms with van der Waals surface area (Å²) in [6.45, 7) is 0. The number of nitrogens with zero attached hydrogens (tertiary/aromatic N) is 1. The minimum Gasteiger partial charge on any atom is -0.457 e. The summed E-state index contributed by atoms with van der Waals surface area (Å²) in [5, 5.41) is 0. The number of hydrogen-bond donors (Lipinski definition) is 0. The quantitative estimate of drug-likeness (QED) is 0.172. The standard InChI is InChI=1S/C68H43NO2/c1-2-16-44(17-3-1)45-30-32-46(33-31-45)47-34-36-48(37-35-47)69(49-38-40-54-53-20-6-9-23-57(53)68(61(54)42-49)59-25-11-14-28-64(59)70-65-29-15-12-26-60(65)68)50-39-41-66-62(43-50)67(58-24-10-13-27-63(58)71-66)55-21-7-4-18-51(55)52-19-5-8-22-56(52)67/h1-43H. The summed E-state index contributed by atoms with van der Waals surface area (Å²) < 4.78 is 13.7. The van der Waals surface area contributed by atoms with Gasteiger partial charge in [-0.25, -0.2) is 0 Å². The number of ether oxygens (including phenoxy) is 2. The molecular weight excluding hydrogens is 863 g/mol.